The lowest BCUT2D eigenvalue weighted by Gasteiger charge is -2.50. The molecule has 0 radical (unpaired) electrons. The second-order valence-electron chi connectivity index (χ2n) is 4.70. The second kappa shape index (κ2) is 3.25. The predicted molar refractivity (Wildman–Crippen MR) is 55.0 cm³/mol. The summed E-state index contributed by atoms with van der Waals surface area (Å²) in [5, 5.41) is 0. The van der Waals surface area contributed by atoms with Crippen molar-refractivity contribution < 1.29 is 4.79 Å². The van der Waals surface area contributed by atoms with Gasteiger partial charge < -0.3 is 5.73 Å². The fourth-order valence-corrected chi connectivity index (χ4v) is 2.74. The Balaban J connectivity index is 0.000000845. The van der Waals surface area contributed by atoms with Crippen LogP contribution in [0.5, 0.6) is 0 Å². The van der Waals surface area contributed by atoms with Gasteiger partial charge in [0.1, 0.15) is 5.78 Å². The molecule has 0 amide bonds. The lowest BCUT2D eigenvalue weighted by atomic mass is 9.56. The van der Waals surface area contributed by atoms with E-state index in [1.165, 1.54) is 0 Å². The highest BCUT2D eigenvalue weighted by atomic mass is 35.5. The number of fused-ring (bicyclic) bond motifs is 3. The van der Waals surface area contributed by atoms with Crippen molar-refractivity contribution in [2.45, 2.75) is 51.0 Å². The first-order valence-electron chi connectivity index (χ1n) is 4.86. The van der Waals surface area contributed by atoms with Gasteiger partial charge in [-0.1, -0.05) is 0 Å². The van der Waals surface area contributed by atoms with Crippen molar-refractivity contribution in [3.63, 3.8) is 0 Å². The molecule has 3 fully saturated rings. The van der Waals surface area contributed by atoms with Gasteiger partial charge in [0.2, 0.25) is 0 Å². The SMILES string of the molecule is CC(=O)C12CCC(N)(CC1)CC2.Cl. The summed E-state index contributed by atoms with van der Waals surface area (Å²) in [6, 6.07) is 0. The number of carbonyl (C=O) groups excluding carboxylic acids is 1. The minimum absolute atomic E-state index is 0. The highest BCUT2D eigenvalue weighted by Gasteiger charge is 2.48. The van der Waals surface area contributed by atoms with Crippen molar-refractivity contribution in [3.05, 3.63) is 0 Å². The van der Waals surface area contributed by atoms with Crippen molar-refractivity contribution in [2.24, 2.45) is 11.1 Å². The summed E-state index contributed by atoms with van der Waals surface area (Å²) < 4.78 is 0. The van der Waals surface area contributed by atoms with Crippen molar-refractivity contribution in [2.75, 3.05) is 0 Å². The van der Waals surface area contributed by atoms with Crippen LogP contribution in [0.4, 0.5) is 0 Å². The first kappa shape index (κ1) is 11.0. The summed E-state index contributed by atoms with van der Waals surface area (Å²) in [5.41, 5.74) is 6.28. The number of hydrogen-bond donors (Lipinski definition) is 1. The molecule has 0 aliphatic heterocycles. The average molecular weight is 204 g/mol. The lowest BCUT2D eigenvalue weighted by molar-refractivity contribution is -0.132. The molecule has 0 heterocycles. The molecule has 0 aromatic heterocycles. The first-order valence-corrected chi connectivity index (χ1v) is 4.86. The normalized spacial score (nSPS) is 42.6. The van der Waals surface area contributed by atoms with E-state index in [4.69, 9.17) is 5.73 Å². The summed E-state index contributed by atoms with van der Waals surface area (Å²) in [6.45, 7) is 1.74. The molecule has 2 bridgehead atoms. The summed E-state index contributed by atoms with van der Waals surface area (Å²) in [6.07, 6.45) is 6.31. The average Bonchev–Trinajstić information content (AvgIpc) is 2.06. The molecule has 2 N–H and O–H groups in total. The van der Waals surface area contributed by atoms with E-state index in [0.29, 0.717) is 5.78 Å². The summed E-state index contributed by atoms with van der Waals surface area (Å²) in [7, 11) is 0. The second-order valence-corrected chi connectivity index (χ2v) is 4.70. The van der Waals surface area contributed by atoms with Gasteiger partial charge in [0.15, 0.2) is 0 Å². The topological polar surface area (TPSA) is 43.1 Å². The van der Waals surface area contributed by atoms with Gasteiger partial charge in [-0.3, -0.25) is 4.79 Å². The van der Waals surface area contributed by atoms with Crippen LogP contribution in [0.3, 0.4) is 0 Å². The number of rotatable bonds is 1. The van der Waals surface area contributed by atoms with Crippen molar-refractivity contribution >= 4 is 18.2 Å². The van der Waals surface area contributed by atoms with E-state index >= 15 is 0 Å². The third kappa shape index (κ3) is 1.62. The molecule has 0 aromatic rings. The summed E-state index contributed by atoms with van der Waals surface area (Å²) in [4.78, 5) is 11.4. The van der Waals surface area contributed by atoms with Gasteiger partial charge in [0.05, 0.1) is 0 Å². The molecule has 3 saturated carbocycles. The zero-order chi connectivity index (χ0) is 8.82. The van der Waals surface area contributed by atoms with Gasteiger partial charge in [0.25, 0.3) is 0 Å². The number of nitrogens with two attached hydrogens (primary N) is 1. The molecule has 3 rings (SSSR count). The quantitative estimate of drug-likeness (QED) is 0.709. The van der Waals surface area contributed by atoms with Crippen LogP contribution in [0, 0.1) is 5.41 Å². The van der Waals surface area contributed by atoms with E-state index in [-0.39, 0.29) is 23.4 Å². The maximum absolute atomic E-state index is 11.4. The third-order valence-corrected chi connectivity index (χ3v) is 4.05. The minimum atomic E-state index is 0. The van der Waals surface area contributed by atoms with Crippen LogP contribution in [0.2, 0.25) is 0 Å². The van der Waals surface area contributed by atoms with Crippen LogP contribution in [0.15, 0.2) is 0 Å². The van der Waals surface area contributed by atoms with E-state index in [1.54, 1.807) is 6.92 Å². The van der Waals surface area contributed by atoms with E-state index in [9.17, 15) is 4.79 Å². The Kier molecular flexibility index (Phi) is 2.75. The molecular weight excluding hydrogens is 186 g/mol. The molecule has 13 heavy (non-hydrogen) atoms. The number of ketones is 1. The van der Waals surface area contributed by atoms with Gasteiger partial charge in [0, 0.05) is 11.0 Å². The number of hydrogen-bond acceptors (Lipinski definition) is 2. The van der Waals surface area contributed by atoms with Crippen LogP contribution in [0.25, 0.3) is 0 Å². The minimum Gasteiger partial charge on any atom is -0.325 e. The monoisotopic (exact) mass is 203 g/mol. The zero-order valence-corrected chi connectivity index (χ0v) is 8.95. The first-order chi connectivity index (χ1) is 5.56. The van der Waals surface area contributed by atoms with Gasteiger partial charge in [-0.15, -0.1) is 12.4 Å². The molecule has 3 aliphatic rings. The number of carbonyl (C=O) groups is 1. The van der Waals surface area contributed by atoms with Crippen LogP contribution < -0.4 is 5.73 Å². The van der Waals surface area contributed by atoms with Crippen LogP contribution in [-0.4, -0.2) is 11.3 Å². The highest BCUT2D eigenvalue weighted by Crippen LogP contribution is 2.51. The maximum Gasteiger partial charge on any atom is 0.135 e. The van der Waals surface area contributed by atoms with Crippen molar-refractivity contribution in [1.29, 1.82) is 0 Å². The Bertz CT molecular complexity index is 202. The van der Waals surface area contributed by atoms with E-state index in [0.717, 1.165) is 38.5 Å². The Morgan fingerprint density at radius 2 is 1.46 bits per heavy atom. The Hall–Kier alpha value is -0.0800. The van der Waals surface area contributed by atoms with Crippen molar-refractivity contribution in [1.82, 2.24) is 0 Å². The van der Waals surface area contributed by atoms with Crippen LogP contribution >= 0.6 is 12.4 Å². The van der Waals surface area contributed by atoms with Crippen molar-refractivity contribution in [3.8, 4) is 0 Å². The number of halogens is 1. The largest absolute Gasteiger partial charge is 0.325 e. The summed E-state index contributed by atoms with van der Waals surface area (Å²) in [5.74, 6) is 0.393. The molecule has 3 aliphatic carbocycles. The van der Waals surface area contributed by atoms with Crippen LogP contribution in [-0.2, 0) is 4.79 Å². The zero-order valence-electron chi connectivity index (χ0n) is 8.14. The Labute approximate surface area is 85.7 Å². The van der Waals surface area contributed by atoms with E-state index in [1.807, 2.05) is 0 Å². The fourth-order valence-electron chi connectivity index (χ4n) is 2.74. The van der Waals surface area contributed by atoms with Crippen LogP contribution in [0.1, 0.15) is 45.4 Å². The molecule has 0 unspecified atom stereocenters. The maximum atomic E-state index is 11.4. The van der Waals surface area contributed by atoms with E-state index < -0.39 is 0 Å². The van der Waals surface area contributed by atoms with E-state index in [2.05, 4.69) is 0 Å². The molecule has 0 spiro atoms. The molecule has 0 atom stereocenters. The number of Topliss-reactive ketones (excluding diaryl/α,β-unsaturated/α-hetero) is 1. The predicted octanol–water partition coefficient (Wildman–Crippen LogP) is 2.05. The standard InChI is InChI=1S/C10H17NO.ClH/c1-8(12)9-2-5-10(11,6-3-9)7-4-9;/h2-7,11H2,1H3;1H. The molecule has 3 heteroatoms. The third-order valence-electron chi connectivity index (χ3n) is 4.05. The fraction of sp³-hybridized carbons (Fsp3) is 0.900. The van der Waals surface area contributed by atoms with Gasteiger partial charge >= 0.3 is 0 Å². The Morgan fingerprint density at radius 1 is 1.08 bits per heavy atom. The lowest BCUT2D eigenvalue weighted by Crippen LogP contribution is -2.53. The molecule has 0 aromatic carbocycles. The Morgan fingerprint density at radius 3 is 1.77 bits per heavy atom. The molecule has 76 valence electrons. The molecule has 2 nitrogen and oxygen atoms in total. The molecule has 0 saturated heterocycles. The molecular formula is C10H18ClNO. The smallest absolute Gasteiger partial charge is 0.135 e. The van der Waals surface area contributed by atoms with Gasteiger partial charge in [-0.25, -0.2) is 0 Å². The highest BCUT2D eigenvalue weighted by molar-refractivity contribution is 5.85. The van der Waals surface area contributed by atoms with Gasteiger partial charge in [-0.2, -0.15) is 0 Å². The summed E-state index contributed by atoms with van der Waals surface area (Å²) >= 11 is 0. The van der Waals surface area contributed by atoms with Gasteiger partial charge in [-0.05, 0) is 45.4 Å².